The molecule has 35 heavy (non-hydrogen) atoms. The quantitative estimate of drug-likeness (QED) is 0.451. The van der Waals surface area contributed by atoms with Crippen LogP contribution in [0.3, 0.4) is 0 Å². The number of aryl methyl sites for hydroxylation is 1. The van der Waals surface area contributed by atoms with Crippen LogP contribution in [0, 0.1) is 6.92 Å². The third-order valence-corrected chi connectivity index (χ3v) is 6.94. The summed E-state index contributed by atoms with van der Waals surface area (Å²) >= 11 is 0. The van der Waals surface area contributed by atoms with E-state index in [0.717, 1.165) is 11.1 Å². The van der Waals surface area contributed by atoms with Gasteiger partial charge in [0.05, 0.1) is 19.1 Å². The van der Waals surface area contributed by atoms with Gasteiger partial charge in [-0.1, -0.05) is 37.3 Å². The summed E-state index contributed by atoms with van der Waals surface area (Å²) in [5.41, 5.74) is 2.29. The Balaban J connectivity index is 2.23. The number of carbonyl (C=O) groups excluding carboxylic acids is 2. The Kier molecular flexibility index (Phi) is 10.6. The van der Waals surface area contributed by atoms with E-state index < -0.39 is 16.1 Å². The number of methoxy groups -OCH3 is 1. The van der Waals surface area contributed by atoms with E-state index in [1.54, 1.807) is 24.1 Å². The number of carbonyl (C=O) groups is 2. The molecule has 0 spiro atoms. The van der Waals surface area contributed by atoms with E-state index >= 15 is 0 Å². The van der Waals surface area contributed by atoms with E-state index in [2.05, 4.69) is 5.32 Å². The number of likely N-dealkylation sites (N-methyl/N-ethyl adjacent to an activating group) is 1. The van der Waals surface area contributed by atoms with Gasteiger partial charge in [0.15, 0.2) is 0 Å². The van der Waals surface area contributed by atoms with E-state index in [1.807, 2.05) is 57.2 Å². The fourth-order valence-electron chi connectivity index (χ4n) is 4.00. The summed E-state index contributed by atoms with van der Waals surface area (Å²) in [5, 5.41) is 2.82. The maximum atomic E-state index is 13.4. The van der Waals surface area contributed by atoms with Crippen molar-refractivity contribution in [3.05, 3.63) is 59.7 Å². The molecule has 0 unspecified atom stereocenters. The molecule has 9 heteroatoms. The van der Waals surface area contributed by atoms with Crippen LogP contribution in [0.25, 0.3) is 0 Å². The highest BCUT2D eigenvalue weighted by Crippen LogP contribution is 2.23. The first kappa shape index (κ1) is 28.2. The number of anilines is 1. The second-order valence-corrected chi connectivity index (χ2v) is 10.3. The summed E-state index contributed by atoms with van der Waals surface area (Å²) in [6.07, 6.45) is 2.05. The highest BCUT2D eigenvalue weighted by atomic mass is 32.2. The van der Waals surface area contributed by atoms with Gasteiger partial charge in [-0.05, 0) is 56.0 Å². The molecule has 1 atom stereocenters. The third kappa shape index (κ3) is 7.99. The Morgan fingerprint density at radius 3 is 2.40 bits per heavy atom. The minimum Gasteiger partial charge on any atom is -0.497 e. The molecule has 0 aliphatic heterocycles. The summed E-state index contributed by atoms with van der Waals surface area (Å²) in [7, 11) is -1.95. The average Bonchev–Trinajstić information content (AvgIpc) is 2.82. The van der Waals surface area contributed by atoms with Crippen LogP contribution < -0.4 is 14.4 Å². The summed E-state index contributed by atoms with van der Waals surface area (Å²) in [4.78, 5) is 27.7. The zero-order chi connectivity index (χ0) is 26.0. The van der Waals surface area contributed by atoms with Crippen molar-refractivity contribution in [2.75, 3.05) is 30.8 Å². The van der Waals surface area contributed by atoms with Crippen LogP contribution in [-0.4, -0.2) is 57.6 Å². The molecule has 0 saturated heterocycles. The Morgan fingerprint density at radius 2 is 1.80 bits per heavy atom. The van der Waals surface area contributed by atoms with Gasteiger partial charge in [0.2, 0.25) is 21.8 Å². The van der Waals surface area contributed by atoms with Crippen molar-refractivity contribution in [1.82, 2.24) is 10.2 Å². The Morgan fingerprint density at radius 1 is 1.09 bits per heavy atom. The van der Waals surface area contributed by atoms with E-state index in [0.29, 0.717) is 30.8 Å². The first-order chi connectivity index (χ1) is 16.6. The van der Waals surface area contributed by atoms with Crippen LogP contribution >= 0.6 is 0 Å². The number of amides is 2. The number of sulfonamides is 1. The predicted octanol–water partition coefficient (Wildman–Crippen LogP) is 3.49. The van der Waals surface area contributed by atoms with Gasteiger partial charge >= 0.3 is 0 Å². The lowest BCUT2D eigenvalue weighted by molar-refractivity contribution is -0.141. The lowest BCUT2D eigenvalue weighted by atomic mass is 10.1. The lowest BCUT2D eigenvalue weighted by Gasteiger charge is -2.31. The summed E-state index contributed by atoms with van der Waals surface area (Å²) in [6.45, 7) is 6.45. The fraction of sp³-hybridized carbons (Fsp3) is 0.462. The monoisotopic (exact) mass is 503 g/mol. The molecule has 1 N–H and O–H groups in total. The van der Waals surface area contributed by atoms with E-state index in [9.17, 15) is 18.0 Å². The van der Waals surface area contributed by atoms with Crippen LogP contribution in [-0.2, 0) is 26.2 Å². The van der Waals surface area contributed by atoms with Gasteiger partial charge in [-0.2, -0.15) is 0 Å². The van der Waals surface area contributed by atoms with Crippen LogP contribution in [0.5, 0.6) is 5.75 Å². The Hall–Kier alpha value is -3.07. The number of nitrogens with one attached hydrogen (secondary N) is 1. The van der Waals surface area contributed by atoms with Gasteiger partial charge < -0.3 is 15.0 Å². The fourth-order valence-corrected chi connectivity index (χ4v) is 5.03. The summed E-state index contributed by atoms with van der Waals surface area (Å²) in [6, 6.07) is 14.0. The van der Waals surface area contributed by atoms with Crippen molar-refractivity contribution in [2.45, 2.75) is 52.6 Å². The minimum absolute atomic E-state index is 0.109. The molecule has 192 valence electrons. The Labute approximate surface area is 209 Å². The van der Waals surface area contributed by atoms with Gasteiger partial charge in [0, 0.05) is 26.1 Å². The number of nitrogens with zero attached hydrogens (tertiary/aromatic N) is 2. The molecule has 0 aliphatic rings. The molecule has 2 amide bonds. The predicted molar refractivity (Wildman–Crippen MR) is 139 cm³/mol. The smallest absolute Gasteiger partial charge is 0.242 e. The molecular weight excluding hydrogens is 466 g/mol. The first-order valence-corrected chi connectivity index (χ1v) is 13.7. The molecule has 0 fully saturated rings. The molecule has 0 radical (unpaired) electrons. The highest BCUT2D eigenvalue weighted by Gasteiger charge is 2.28. The zero-order valence-electron chi connectivity index (χ0n) is 21.3. The van der Waals surface area contributed by atoms with Crippen molar-refractivity contribution >= 4 is 27.5 Å². The van der Waals surface area contributed by atoms with E-state index in [-0.39, 0.29) is 31.3 Å². The maximum Gasteiger partial charge on any atom is 0.242 e. The van der Waals surface area contributed by atoms with Crippen LogP contribution in [0.1, 0.15) is 44.2 Å². The molecule has 8 nitrogen and oxygen atoms in total. The number of ether oxygens (including phenoxy) is 1. The number of benzene rings is 2. The third-order valence-electron chi connectivity index (χ3n) is 5.76. The largest absolute Gasteiger partial charge is 0.497 e. The van der Waals surface area contributed by atoms with Gasteiger partial charge in [0.1, 0.15) is 11.8 Å². The number of hydrogen-bond acceptors (Lipinski definition) is 5. The van der Waals surface area contributed by atoms with Crippen molar-refractivity contribution in [2.24, 2.45) is 0 Å². The molecule has 0 heterocycles. The molecular formula is C26H37N3O5S. The second-order valence-electron chi connectivity index (χ2n) is 8.42. The molecule has 2 rings (SSSR count). The standard InChI is InChI=1S/C26H37N3O5S/c1-6-23(26(31)27-7-2)28(19-21-13-10-14-22(18-21)34-4)25(30)16-11-17-29(35(5,32)33)24-15-9-8-12-20(24)3/h8-10,12-15,18,23H,6-7,11,16-17,19H2,1-5H3,(H,27,31)/t23-/m0/s1. The van der Waals surface area contributed by atoms with Crippen LogP contribution in [0.4, 0.5) is 5.69 Å². The summed E-state index contributed by atoms with van der Waals surface area (Å²) < 4.78 is 31.6. The number of para-hydroxylation sites is 1. The highest BCUT2D eigenvalue weighted by molar-refractivity contribution is 7.92. The molecule has 0 saturated carbocycles. The van der Waals surface area contributed by atoms with Crippen molar-refractivity contribution in [1.29, 1.82) is 0 Å². The average molecular weight is 504 g/mol. The van der Waals surface area contributed by atoms with Gasteiger partial charge in [-0.15, -0.1) is 0 Å². The normalized spacial score (nSPS) is 12.0. The van der Waals surface area contributed by atoms with Crippen molar-refractivity contribution in [3.8, 4) is 5.75 Å². The van der Waals surface area contributed by atoms with Crippen LogP contribution in [0.2, 0.25) is 0 Å². The molecule has 2 aromatic carbocycles. The zero-order valence-corrected chi connectivity index (χ0v) is 22.1. The number of hydrogen-bond donors (Lipinski definition) is 1. The maximum absolute atomic E-state index is 13.4. The van der Waals surface area contributed by atoms with Gasteiger partial charge in [-0.3, -0.25) is 13.9 Å². The van der Waals surface area contributed by atoms with Crippen molar-refractivity contribution in [3.63, 3.8) is 0 Å². The number of rotatable bonds is 13. The first-order valence-electron chi connectivity index (χ1n) is 11.9. The van der Waals surface area contributed by atoms with Gasteiger partial charge in [-0.25, -0.2) is 8.42 Å². The minimum atomic E-state index is -3.53. The van der Waals surface area contributed by atoms with E-state index in [4.69, 9.17) is 4.74 Å². The summed E-state index contributed by atoms with van der Waals surface area (Å²) in [5.74, 6) is 0.260. The lowest BCUT2D eigenvalue weighted by Crippen LogP contribution is -2.49. The molecule has 2 aromatic rings. The van der Waals surface area contributed by atoms with Gasteiger partial charge in [0.25, 0.3) is 0 Å². The van der Waals surface area contributed by atoms with Crippen LogP contribution in [0.15, 0.2) is 48.5 Å². The molecule has 0 aromatic heterocycles. The molecule has 0 aliphatic carbocycles. The SMILES string of the molecule is CCNC(=O)[C@H](CC)N(Cc1cccc(OC)c1)C(=O)CCCN(c1ccccc1C)S(C)(=O)=O. The van der Waals surface area contributed by atoms with Crippen molar-refractivity contribution < 1.29 is 22.7 Å². The topological polar surface area (TPSA) is 96.0 Å². The molecule has 0 bridgehead atoms. The van der Waals surface area contributed by atoms with E-state index in [1.165, 1.54) is 10.6 Å². The second kappa shape index (κ2) is 13.1. The Bertz CT molecular complexity index is 1100.